The van der Waals surface area contributed by atoms with Gasteiger partial charge in [0, 0.05) is 44.5 Å². The number of anilines is 2. The molecule has 0 saturated carbocycles. The number of rotatable bonds is 9. The Hall–Kier alpha value is -3.23. The third-order valence-corrected chi connectivity index (χ3v) is 8.91. The summed E-state index contributed by atoms with van der Waals surface area (Å²) in [7, 11) is -0.312. The molecule has 37 heavy (non-hydrogen) atoms. The lowest BCUT2D eigenvalue weighted by Crippen LogP contribution is -2.51. The molecule has 1 aliphatic rings. The van der Waals surface area contributed by atoms with Crippen molar-refractivity contribution in [3.63, 3.8) is 0 Å². The molecule has 0 aliphatic carbocycles. The standard InChI is InChI=1S/C29H37N3O4S/c1-6-32(37(33,34)27-14-7-22(2)8-15-27)26-12-10-25(11-13-26)31-18-17-30(23(3)20-31)21-24-9-16-28(35-4)29(19-24)36-5/h7-16,19,23H,6,17-18,20-21H2,1-5H3/t23-/m1/s1. The van der Waals surface area contributed by atoms with Crippen LogP contribution in [0.2, 0.25) is 0 Å². The second kappa shape index (κ2) is 11.4. The lowest BCUT2D eigenvalue weighted by molar-refractivity contribution is 0.181. The zero-order valence-corrected chi connectivity index (χ0v) is 23.2. The molecule has 4 rings (SSSR count). The smallest absolute Gasteiger partial charge is 0.264 e. The van der Waals surface area contributed by atoms with Crippen LogP contribution >= 0.6 is 0 Å². The predicted molar refractivity (Wildman–Crippen MR) is 149 cm³/mol. The van der Waals surface area contributed by atoms with Crippen molar-refractivity contribution < 1.29 is 17.9 Å². The molecule has 0 spiro atoms. The maximum Gasteiger partial charge on any atom is 0.264 e. The summed E-state index contributed by atoms with van der Waals surface area (Å²) in [5.41, 5.74) is 4.00. The molecule has 0 bridgehead atoms. The second-order valence-corrected chi connectivity index (χ2v) is 11.3. The van der Waals surface area contributed by atoms with Crippen LogP contribution in [0.25, 0.3) is 0 Å². The molecule has 3 aromatic rings. The van der Waals surface area contributed by atoms with Crippen molar-refractivity contribution >= 4 is 21.4 Å². The number of ether oxygens (including phenoxy) is 2. The Morgan fingerprint density at radius 2 is 1.59 bits per heavy atom. The first-order valence-electron chi connectivity index (χ1n) is 12.7. The Bertz CT molecular complexity index is 1290. The highest BCUT2D eigenvalue weighted by Crippen LogP contribution is 2.30. The first kappa shape index (κ1) is 26.8. The molecule has 3 aromatic carbocycles. The maximum atomic E-state index is 13.3. The molecule has 1 saturated heterocycles. The average molecular weight is 524 g/mol. The summed E-state index contributed by atoms with van der Waals surface area (Å²) in [5.74, 6) is 1.48. The van der Waals surface area contributed by atoms with Gasteiger partial charge in [0.15, 0.2) is 11.5 Å². The quantitative estimate of drug-likeness (QED) is 0.396. The zero-order valence-electron chi connectivity index (χ0n) is 22.3. The molecule has 0 N–H and O–H groups in total. The van der Waals surface area contributed by atoms with E-state index >= 15 is 0 Å². The van der Waals surface area contributed by atoms with Crippen molar-refractivity contribution in [2.75, 3.05) is 49.6 Å². The number of hydrogen-bond acceptors (Lipinski definition) is 6. The second-order valence-electron chi connectivity index (χ2n) is 9.45. The molecule has 0 aromatic heterocycles. The molecule has 1 aliphatic heterocycles. The van der Waals surface area contributed by atoms with Crippen LogP contribution in [0, 0.1) is 6.92 Å². The molecular weight excluding hydrogens is 486 g/mol. The number of benzene rings is 3. The van der Waals surface area contributed by atoms with Crippen LogP contribution in [0.3, 0.4) is 0 Å². The molecule has 1 atom stereocenters. The van der Waals surface area contributed by atoms with E-state index in [1.165, 1.54) is 9.87 Å². The summed E-state index contributed by atoms with van der Waals surface area (Å²) < 4.78 is 38.8. The van der Waals surface area contributed by atoms with Crippen LogP contribution in [0.1, 0.15) is 25.0 Å². The highest BCUT2D eigenvalue weighted by atomic mass is 32.2. The molecule has 1 fully saturated rings. The van der Waals surface area contributed by atoms with E-state index in [9.17, 15) is 8.42 Å². The zero-order chi connectivity index (χ0) is 26.6. The van der Waals surface area contributed by atoms with E-state index in [1.807, 2.05) is 62.4 Å². The Morgan fingerprint density at radius 1 is 0.919 bits per heavy atom. The van der Waals surface area contributed by atoms with Gasteiger partial charge in [-0.1, -0.05) is 23.8 Å². The molecule has 7 nitrogen and oxygen atoms in total. The van der Waals surface area contributed by atoms with Gasteiger partial charge in [-0.2, -0.15) is 0 Å². The number of nitrogens with zero attached hydrogens (tertiary/aromatic N) is 3. The van der Waals surface area contributed by atoms with Crippen LogP contribution in [-0.2, 0) is 16.6 Å². The number of hydrogen-bond donors (Lipinski definition) is 0. The summed E-state index contributed by atoms with van der Waals surface area (Å²) in [5, 5.41) is 0. The minimum Gasteiger partial charge on any atom is -0.493 e. The maximum absolute atomic E-state index is 13.3. The Kier molecular flexibility index (Phi) is 8.29. The topological polar surface area (TPSA) is 62.3 Å². The van der Waals surface area contributed by atoms with Gasteiger partial charge in [0.05, 0.1) is 24.8 Å². The van der Waals surface area contributed by atoms with Gasteiger partial charge in [0.25, 0.3) is 10.0 Å². The van der Waals surface area contributed by atoms with Gasteiger partial charge in [-0.15, -0.1) is 0 Å². The van der Waals surface area contributed by atoms with Gasteiger partial charge in [0.1, 0.15) is 0 Å². The molecule has 1 heterocycles. The van der Waals surface area contributed by atoms with E-state index < -0.39 is 10.0 Å². The van der Waals surface area contributed by atoms with Crippen LogP contribution in [0.15, 0.2) is 71.6 Å². The largest absolute Gasteiger partial charge is 0.493 e. The number of piperazine rings is 1. The van der Waals surface area contributed by atoms with Crippen molar-refractivity contribution in [2.45, 2.75) is 38.3 Å². The number of methoxy groups -OCH3 is 2. The lowest BCUT2D eigenvalue weighted by Gasteiger charge is -2.41. The van der Waals surface area contributed by atoms with Crippen molar-refractivity contribution in [2.24, 2.45) is 0 Å². The molecule has 0 radical (unpaired) electrons. The number of sulfonamides is 1. The van der Waals surface area contributed by atoms with Crippen LogP contribution in [0.4, 0.5) is 11.4 Å². The predicted octanol–water partition coefficient (Wildman–Crippen LogP) is 4.94. The van der Waals surface area contributed by atoms with Crippen LogP contribution < -0.4 is 18.7 Å². The fraction of sp³-hybridized carbons (Fsp3) is 0.379. The van der Waals surface area contributed by atoms with Crippen LogP contribution in [-0.4, -0.2) is 59.8 Å². The van der Waals surface area contributed by atoms with Crippen molar-refractivity contribution in [3.05, 3.63) is 77.9 Å². The van der Waals surface area contributed by atoms with E-state index in [4.69, 9.17) is 9.47 Å². The third-order valence-electron chi connectivity index (χ3n) is 7.00. The van der Waals surface area contributed by atoms with Gasteiger partial charge in [-0.25, -0.2) is 8.42 Å². The Morgan fingerprint density at radius 3 is 2.19 bits per heavy atom. The molecular formula is C29H37N3O4S. The van der Waals surface area contributed by atoms with Gasteiger partial charge < -0.3 is 14.4 Å². The lowest BCUT2D eigenvalue weighted by atomic mass is 10.1. The fourth-order valence-electron chi connectivity index (χ4n) is 4.84. The van der Waals surface area contributed by atoms with Crippen molar-refractivity contribution in [1.82, 2.24) is 4.90 Å². The Labute approximate surface area is 221 Å². The summed E-state index contributed by atoms with van der Waals surface area (Å²) in [4.78, 5) is 5.15. The molecule has 8 heteroatoms. The SMILES string of the molecule is CCN(c1ccc(N2CCN(Cc3ccc(OC)c(OC)c3)[C@H](C)C2)cc1)S(=O)(=O)c1ccc(C)cc1. The van der Waals surface area contributed by atoms with Gasteiger partial charge in [0.2, 0.25) is 0 Å². The van der Waals surface area contributed by atoms with Gasteiger partial charge in [-0.3, -0.25) is 9.21 Å². The Balaban J connectivity index is 1.43. The van der Waals surface area contributed by atoms with Crippen molar-refractivity contribution in [3.8, 4) is 11.5 Å². The van der Waals surface area contributed by atoms with E-state index in [0.29, 0.717) is 23.2 Å². The minimum atomic E-state index is -3.62. The first-order valence-corrected chi connectivity index (χ1v) is 14.1. The van der Waals surface area contributed by atoms with Crippen LogP contribution in [0.5, 0.6) is 11.5 Å². The summed E-state index contributed by atoms with van der Waals surface area (Å²) in [6.45, 7) is 9.98. The summed E-state index contributed by atoms with van der Waals surface area (Å²) in [6, 6.07) is 21.3. The number of aryl methyl sites for hydroxylation is 1. The van der Waals surface area contributed by atoms with Gasteiger partial charge >= 0.3 is 0 Å². The highest BCUT2D eigenvalue weighted by Gasteiger charge is 2.26. The summed E-state index contributed by atoms with van der Waals surface area (Å²) >= 11 is 0. The summed E-state index contributed by atoms with van der Waals surface area (Å²) in [6.07, 6.45) is 0. The van der Waals surface area contributed by atoms with E-state index in [-0.39, 0.29) is 0 Å². The monoisotopic (exact) mass is 523 g/mol. The van der Waals surface area contributed by atoms with Gasteiger partial charge in [-0.05, 0) is 74.9 Å². The average Bonchev–Trinajstić information content (AvgIpc) is 2.90. The molecule has 0 unspecified atom stereocenters. The first-order chi connectivity index (χ1) is 17.8. The molecule has 198 valence electrons. The minimum absolute atomic E-state index is 0.309. The van der Waals surface area contributed by atoms with E-state index in [1.54, 1.807) is 26.4 Å². The van der Waals surface area contributed by atoms with E-state index in [2.05, 4.69) is 22.8 Å². The molecule has 0 amide bonds. The highest BCUT2D eigenvalue weighted by molar-refractivity contribution is 7.92. The fourth-order valence-corrected chi connectivity index (χ4v) is 6.31. The van der Waals surface area contributed by atoms with Crippen molar-refractivity contribution in [1.29, 1.82) is 0 Å². The normalized spacial score (nSPS) is 16.5. The third kappa shape index (κ3) is 5.86. The van der Waals surface area contributed by atoms with E-state index in [0.717, 1.165) is 48.9 Å².